The molecule has 0 unspecified atom stereocenters. The van der Waals surface area contributed by atoms with E-state index in [2.05, 4.69) is 10.6 Å². The maximum absolute atomic E-state index is 13.2. The van der Waals surface area contributed by atoms with Crippen LogP contribution in [0.5, 0.6) is 0 Å². The van der Waals surface area contributed by atoms with Crippen LogP contribution in [0, 0.1) is 0 Å². The molecule has 13 heteroatoms. The highest BCUT2D eigenvalue weighted by atomic mass is 19.4. The number of hydrogen-bond acceptors (Lipinski definition) is 4. The van der Waals surface area contributed by atoms with Crippen LogP contribution in [0.15, 0.2) is 36.4 Å². The summed E-state index contributed by atoms with van der Waals surface area (Å²) in [5.41, 5.74) is -2.24. The zero-order valence-corrected chi connectivity index (χ0v) is 17.7. The molecule has 0 spiro atoms. The molecule has 0 aromatic heterocycles. The predicted octanol–water partition coefficient (Wildman–Crippen LogP) is 3.73. The van der Waals surface area contributed by atoms with Crippen molar-refractivity contribution in [2.75, 3.05) is 23.4 Å². The SMILES string of the molecule is O=C(C[C@H]1OCCN(c2cc(C(F)(F)F)cc(C(F)(F)F)c2)C1=O)Nc1ccc2c(c1)CNC2=O. The van der Waals surface area contributed by atoms with Gasteiger partial charge in [0.2, 0.25) is 5.91 Å². The van der Waals surface area contributed by atoms with Crippen molar-refractivity contribution in [2.45, 2.75) is 31.4 Å². The quantitative estimate of drug-likeness (QED) is 0.626. The van der Waals surface area contributed by atoms with Crippen LogP contribution >= 0.6 is 0 Å². The summed E-state index contributed by atoms with van der Waals surface area (Å²) in [5.74, 6) is -1.85. The molecule has 2 aliphatic rings. The second-order valence-corrected chi connectivity index (χ2v) is 7.92. The number of morpholine rings is 1. The molecule has 1 atom stereocenters. The van der Waals surface area contributed by atoms with E-state index in [-0.39, 0.29) is 31.7 Å². The van der Waals surface area contributed by atoms with Crippen molar-refractivity contribution >= 4 is 29.1 Å². The standard InChI is InChI=1S/C22H17F6N3O4/c23-21(24,25)12-6-13(22(26,27)28)8-15(7-12)31-3-4-35-17(20(31)34)9-18(32)30-14-1-2-16-11(5-14)10-29-19(16)33/h1-2,5-8,17H,3-4,9-10H2,(H,29,33)(H,30,32)/t17-/m1/s1. The largest absolute Gasteiger partial charge is 0.416 e. The van der Waals surface area contributed by atoms with E-state index in [9.17, 15) is 40.7 Å². The van der Waals surface area contributed by atoms with Crippen molar-refractivity contribution in [1.29, 1.82) is 0 Å². The third-order valence-corrected chi connectivity index (χ3v) is 5.50. The number of alkyl halides is 6. The van der Waals surface area contributed by atoms with Gasteiger partial charge in [-0.25, -0.2) is 0 Å². The molecule has 0 saturated carbocycles. The second-order valence-electron chi connectivity index (χ2n) is 7.92. The van der Waals surface area contributed by atoms with Gasteiger partial charge in [-0.2, -0.15) is 26.3 Å². The fraction of sp³-hybridized carbons (Fsp3) is 0.318. The number of hydrogen-bond donors (Lipinski definition) is 2. The van der Waals surface area contributed by atoms with Crippen LogP contribution in [0.25, 0.3) is 0 Å². The molecule has 2 aliphatic heterocycles. The number of nitrogens with zero attached hydrogens (tertiary/aromatic N) is 1. The van der Waals surface area contributed by atoms with Gasteiger partial charge in [0, 0.05) is 30.0 Å². The van der Waals surface area contributed by atoms with E-state index < -0.39 is 53.5 Å². The van der Waals surface area contributed by atoms with E-state index in [1.54, 1.807) is 6.07 Å². The molecule has 0 aliphatic carbocycles. The lowest BCUT2D eigenvalue weighted by Crippen LogP contribution is -2.49. The number of halogens is 6. The summed E-state index contributed by atoms with van der Waals surface area (Å²) in [4.78, 5) is 37.7. The van der Waals surface area contributed by atoms with Gasteiger partial charge in [0.15, 0.2) is 0 Å². The molecule has 2 heterocycles. The van der Waals surface area contributed by atoms with Crippen LogP contribution < -0.4 is 15.5 Å². The fourth-order valence-corrected chi connectivity index (χ4v) is 3.83. The number of benzene rings is 2. The first-order valence-corrected chi connectivity index (χ1v) is 10.3. The Morgan fingerprint density at radius 3 is 2.31 bits per heavy atom. The van der Waals surface area contributed by atoms with Crippen molar-refractivity contribution in [3.63, 3.8) is 0 Å². The summed E-state index contributed by atoms with van der Waals surface area (Å²) in [7, 11) is 0. The minimum atomic E-state index is -5.07. The molecule has 0 bridgehead atoms. The Hall–Kier alpha value is -3.61. The lowest BCUT2D eigenvalue weighted by molar-refractivity contribution is -0.143. The molecule has 3 amide bonds. The molecule has 35 heavy (non-hydrogen) atoms. The van der Waals surface area contributed by atoms with Crippen LogP contribution in [0.1, 0.15) is 33.5 Å². The van der Waals surface area contributed by atoms with Crippen LogP contribution in [-0.2, 0) is 33.2 Å². The highest BCUT2D eigenvalue weighted by Gasteiger charge is 2.39. The van der Waals surface area contributed by atoms with Gasteiger partial charge in [-0.05, 0) is 42.0 Å². The van der Waals surface area contributed by atoms with Crippen LogP contribution in [0.4, 0.5) is 37.7 Å². The van der Waals surface area contributed by atoms with Crippen molar-refractivity contribution in [1.82, 2.24) is 5.32 Å². The van der Waals surface area contributed by atoms with Gasteiger partial charge in [-0.3, -0.25) is 14.4 Å². The molecular weight excluding hydrogens is 484 g/mol. The van der Waals surface area contributed by atoms with Gasteiger partial charge in [0.25, 0.3) is 11.8 Å². The third kappa shape index (κ3) is 5.24. The molecule has 2 aromatic rings. The Balaban J connectivity index is 1.51. The Morgan fingerprint density at radius 2 is 1.69 bits per heavy atom. The maximum atomic E-state index is 13.2. The van der Waals surface area contributed by atoms with E-state index in [0.717, 1.165) is 4.90 Å². The topological polar surface area (TPSA) is 87.7 Å². The number of amides is 3. The van der Waals surface area contributed by atoms with Crippen LogP contribution in [-0.4, -0.2) is 37.0 Å². The maximum Gasteiger partial charge on any atom is 0.416 e. The summed E-state index contributed by atoms with van der Waals surface area (Å²) in [6.45, 7) is -0.205. The smallest absolute Gasteiger partial charge is 0.366 e. The average Bonchev–Trinajstić information content (AvgIpc) is 3.13. The first kappa shape index (κ1) is 24.5. The first-order chi connectivity index (χ1) is 16.3. The molecule has 186 valence electrons. The van der Waals surface area contributed by atoms with Gasteiger partial charge < -0.3 is 20.3 Å². The molecule has 2 aromatic carbocycles. The predicted molar refractivity (Wildman–Crippen MR) is 109 cm³/mol. The van der Waals surface area contributed by atoms with Crippen molar-refractivity contribution in [3.8, 4) is 0 Å². The van der Waals surface area contributed by atoms with Crippen LogP contribution in [0.2, 0.25) is 0 Å². The van der Waals surface area contributed by atoms with E-state index in [1.807, 2.05) is 0 Å². The lowest BCUT2D eigenvalue weighted by atomic mass is 10.1. The number of anilines is 2. The van der Waals surface area contributed by atoms with Crippen molar-refractivity contribution in [2.24, 2.45) is 0 Å². The Morgan fingerprint density at radius 1 is 1.03 bits per heavy atom. The van der Waals surface area contributed by atoms with Gasteiger partial charge in [0.05, 0.1) is 24.2 Å². The van der Waals surface area contributed by atoms with Crippen molar-refractivity contribution in [3.05, 3.63) is 58.7 Å². The number of ether oxygens (including phenoxy) is 1. The van der Waals surface area contributed by atoms with E-state index in [0.29, 0.717) is 28.9 Å². The number of carbonyl (C=O) groups is 3. The summed E-state index contributed by atoms with van der Waals surface area (Å²) < 4.78 is 84.4. The van der Waals surface area contributed by atoms with Gasteiger partial charge in [-0.15, -0.1) is 0 Å². The fourth-order valence-electron chi connectivity index (χ4n) is 3.83. The zero-order chi connectivity index (χ0) is 25.5. The van der Waals surface area contributed by atoms with E-state index in [1.165, 1.54) is 12.1 Å². The van der Waals surface area contributed by atoms with Crippen molar-refractivity contribution < 1.29 is 45.5 Å². The molecule has 2 N–H and O–H groups in total. The zero-order valence-electron chi connectivity index (χ0n) is 17.7. The second kappa shape index (κ2) is 8.87. The minimum absolute atomic E-state index is 0.0287. The third-order valence-electron chi connectivity index (χ3n) is 5.50. The molecule has 1 fully saturated rings. The number of carbonyl (C=O) groups excluding carboxylic acids is 3. The van der Waals surface area contributed by atoms with Gasteiger partial charge in [-0.1, -0.05) is 0 Å². The molecular formula is C22H17F6N3O4. The highest BCUT2D eigenvalue weighted by molar-refractivity contribution is 6.02. The van der Waals surface area contributed by atoms with Gasteiger partial charge >= 0.3 is 12.4 Å². The minimum Gasteiger partial charge on any atom is -0.366 e. The highest BCUT2D eigenvalue weighted by Crippen LogP contribution is 2.39. The number of fused-ring (bicyclic) bond motifs is 1. The van der Waals surface area contributed by atoms with Gasteiger partial charge in [0.1, 0.15) is 6.10 Å². The van der Waals surface area contributed by atoms with Crippen LogP contribution in [0.3, 0.4) is 0 Å². The number of rotatable bonds is 4. The summed E-state index contributed by atoms with van der Waals surface area (Å²) in [6, 6.07) is 5.45. The Kier molecular flexibility index (Phi) is 6.21. The molecule has 1 saturated heterocycles. The monoisotopic (exact) mass is 501 g/mol. The molecule has 7 nitrogen and oxygen atoms in total. The molecule has 0 radical (unpaired) electrons. The Bertz CT molecular complexity index is 1160. The van der Waals surface area contributed by atoms with E-state index in [4.69, 9.17) is 4.74 Å². The van der Waals surface area contributed by atoms with E-state index >= 15 is 0 Å². The summed E-state index contributed by atoms with van der Waals surface area (Å²) in [6.07, 6.45) is -12.1. The average molecular weight is 501 g/mol. The first-order valence-electron chi connectivity index (χ1n) is 10.3. The summed E-state index contributed by atoms with van der Waals surface area (Å²) >= 11 is 0. The molecule has 4 rings (SSSR count). The normalized spacial score (nSPS) is 18.3. The summed E-state index contributed by atoms with van der Waals surface area (Å²) in [5, 5.41) is 5.16. The Labute approximate surface area is 194 Å². The lowest BCUT2D eigenvalue weighted by Gasteiger charge is -2.33. The number of nitrogens with one attached hydrogen (secondary N) is 2.